The van der Waals surface area contributed by atoms with Gasteiger partial charge < -0.3 is 5.73 Å². The van der Waals surface area contributed by atoms with Crippen LogP contribution in [0.4, 0.5) is 5.69 Å². The molecule has 20 heavy (non-hydrogen) atoms. The van der Waals surface area contributed by atoms with Gasteiger partial charge >= 0.3 is 0 Å². The molecule has 0 bridgehead atoms. The van der Waals surface area contributed by atoms with Gasteiger partial charge in [0, 0.05) is 15.9 Å². The number of tetrazole rings is 1. The number of rotatable bonds is 4. The molecule has 1 aromatic carbocycles. The molecule has 3 rings (SSSR count). The molecule has 1 fully saturated rings. The van der Waals surface area contributed by atoms with E-state index in [0.717, 1.165) is 26.6 Å². The van der Waals surface area contributed by atoms with Crippen molar-refractivity contribution < 1.29 is 0 Å². The molecule has 0 saturated heterocycles. The van der Waals surface area contributed by atoms with Crippen molar-refractivity contribution in [3.63, 3.8) is 0 Å². The van der Waals surface area contributed by atoms with E-state index >= 15 is 0 Å². The molecule has 1 aliphatic rings. The molecule has 2 aromatic rings. The Hall–Kier alpha value is -1.08. The second-order valence-electron chi connectivity index (χ2n) is 4.98. The van der Waals surface area contributed by atoms with Crippen LogP contribution >= 0.6 is 27.7 Å². The Bertz CT molecular complexity index is 594. The van der Waals surface area contributed by atoms with Crippen LogP contribution in [0.1, 0.15) is 37.3 Å². The van der Waals surface area contributed by atoms with Crippen LogP contribution in [0, 0.1) is 0 Å². The van der Waals surface area contributed by atoms with Crippen molar-refractivity contribution in [3.05, 3.63) is 28.2 Å². The molecule has 1 aliphatic carbocycles. The second-order valence-corrected chi connectivity index (χ2v) is 6.83. The summed E-state index contributed by atoms with van der Waals surface area (Å²) < 4.78 is 2.98. The maximum Gasteiger partial charge on any atom is 0.209 e. The van der Waals surface area contributed by atoms with Crippen LogP contribution < -0.4 is 5.73 Å². The molecule has 1 aromatic heterocycles. The standard InChI is InChI=1S/C13H16BrN5S/c14-10-6-5-9(12(15)7-10)8-20-13-16-17-18-19(13)11-3-1-2-4-11/h5-7,11H,1-4,8,15H2. The first-order valence-corrected chi connectivity index (χ1v) is 8.46. The van der Waals surface area contributed by atoms with Crippen molar-refractivity contribution in [2.75, 3.05) is 5.73 Å². The van der Waals surface area contributed by atoms with Crippen LogP contribution in [0.15, 0.2) is 27.8 Å². The second kappa shape index (κ2) is 6.13. The lowest BCUT2D eigenvalue weighted by Gasteiger charge is -2.11. The van der Waals surface area contributed by atoms with E-state index in [1.165, 1.54) is 25.7 Å². The lowest BCUT2D eigenvalue weighted by molar-refractivity contribution is 0.423. The lowest BCUT2D eigenvalue weighted by Crippen LogP contribution is -2.08. The quantitative estimate of drug-likeness (QED) is 0.673. The highest BCUT2D eigenvalue weighted by Crippen LogP contribution is 2.33. The van der Waals surface area contributed by atoms with Crippen LogP contribution in [0.25, 0.3) is 0 Å². The zero-order valence-electron chi connectivity index (χ0n) is 11.0. The third-order valence-corrected chi connectivity index (χ3v) is 5.07. The molecule has 7 heteroatoms. The number of benzene rings is 1. The molecule has 2 N–H and O–H groups in total. The SMILES string of the molecule is Nc1cc(Br)ccc1CSc1nnnn1C1CCCC1. The van der Waals surface area contributed by atoms with Gasteiger partial charge in [-0.2, -0.15) is 0 Å². The van der Waals surface area contributed by atoms with Crippen LogP contribution in [0.5, 0.6) is 0 Å². The van der Waals surface area contributed by atoms with Gasteiger partial charge in [0.05, 0.1) is 6.04 Å². The molecule has 1 saturated carbocycles. The van der Waals surface area contributed by atoms with Gasteiger partial charge in [-0.3, -0.25) is 0 Å². The molecule has 106 valence electrons. The van der Waals surface area contributed by atoms with Gasteiger partial charge in [-0.05, 0) is 41.0 Å². The highest BCUT2D eigenvalue weighted by molar-refractivity contribution is 9.10. The molecule has 0 unspecified atom stereocenters. The summed E-state index contributed by atoms with van der Waals surface area (Å²) in [5.41, 5.74) is 7.93. The minimum atomic E-state index is 0.467. The van der Waals surface area contributed by atoms with Crippen molar-refractivity contribution in [1.82, 2.24) is 20.2 Å². The van der Waals surface area contributed by atoms with Crippen LogP contribution in [0.2, 0.25) is 0 Å². The van der Waals surface area contributed by atoms with Gasteiger partial charge in [-0.15, -0.1) is 5.10 Å². The van der Waals surface area contributed by atoms with E-state index in [9.17, 15) is 0 Å². The van der Waals surface area contributed by atoms with Crippen LogP contribution in [-0.4, -0.2) is 20.2 Å². The number of aromatic nitrogens is 4. The Labute approximate surface area is 130 Å². The Kier molecular flexibility index (Phi) is 4.26. The molecule has 0 radical (unpaired) electrons. The van der Waals surface area contributed by atoms with Gasteiger partial charge in [-0.25, -0.2) is 4.68 Å². The van der Waals surface area contributed by atoms with E-state index in [2.05, 4.69) is 31.5 Å². The van der Waals surface area contributed by atoms with Gasteiger partial charge in [0.1, 0.15) is 0 Å². The lowest BCUT2D eigenvalue weighted by atomic mass is 10.2. The van der Waals surface area contributed by atoms with Crippen molar-refractivity contribution in [1.29, 1.82) is 0 Å². The molecule has 5 nitrogen and oxygen atoms in total. The summed E-state index contributed by atoms with van der Waals surface area (Å²) in [6.45, 7) is 0. The third kappa shape index (κ3) is 2.98. The summed E-state index contributed by atoms with van der Waals surface area (Å²) in [6.07, 6.45) is 4.90. The van der Waals surface area contributed by atoms with Crippen molar-refractivity contribution in [2.24, 2.45) is 0 Å². The molecule has 0 amide bonds. The topological polar surface area (TPSA) is 69.6 Å². The smallest absolute Gasteiger partial charge is 0.209 e. The van der Waals surface area contributed by atoms with E-state index in [1.807, 2.05) is 22.9 Å². The number of nitrogens with two attached hydrogens (primary N) is 1. The monoisotopic (exact) mass is 353 g/mol. The molecule has 1 heterocycles. The van der Waals surface area contributed by atoms with Crippen molar-refractivity contribution in [3.8, 4) is 0 Å². The average Bonchev–Trinajstić information content (AvgIpc) is 3.08. The number of nitrogen functional groups attached to an aromatic ring is 1. The highest BCUT2D eigenvalue weighted by atomic mass is 79.9. The van der Waals surface area contributed by atoms with E-state index < -0.39 is 0 Å². The molecular formula is C13H16BrN5S. The summed E-state index contributed by atoms with van der Waals surface area (Å²) in [7, 11) is 0. The predicted octanol–water partition coefficient (Wildman–Crippen LogP) is 3.43. The first kappa shape index (κ1) is 13.9. The fraction of sp³-hybridized carbons (Fsp3) is 0.462. The Morgan fingerprint density at radius 2 is 2.15 bits per heavy atom. The van der Waals surface area contributed by atoms with Gasteiger partial charge in [0.25, 0.3) is 0 Å². The van der Waals surface area contributed by atoms with Crippen LogP contribution in [0.3, 0.4) is 0 Å². The first-order valence-electron chi connectivity index (χ1n) is 6.68. The first-order chi connectivity index (χ1) is 9.74. The van der Waals surface area contributed by atoms with Gasteiger partial charge in [0.2, 0.25) is 5.16 Å². The summed E-state index contributed by atoms with van der Waals surface area (Å²) in [5.74, 6) is 0.784. The normalized spacial score (nSPS) is 15.8. The number of anilines is 1. The maximum absolute atomic E-state index is 6.02. The maximum atomic E-state index is 6.02. The number of hydrogen-bond donors (Lipinski definition) is 1. The largest absolute Gasteiger partial charge is 0.398 e. The highest BCUT2D eigenvalue weighted by Gasteiger charge is 2.21. The fourth-order valence-corrected chi connectivity index (χ4v) is 3.84. The minimum absolute atomic E-state index is 0.467. The fourth-order valence-electron chi connectivity index (χ4n) is 2.50. The van der Waals surface area contributed by atoms with Crippen LogP contribution in [-0.2, 0) is 5.75 Å². The van der Waals surface area contributed by atoms with E-state index in [4.69, 9.17) is 5.73 Å². The van der Waals surface area contributed by atoms with E-state index in [-0.39, 0.29) is 0 Å². The molecule has 0 aliphatic heterocycles. The summed E-state index contributed by atoms with van der Waals surface area (Å²) in [5, 5.41) is 13.0. The molecular weight excluding hydrogens is 338 g/mol. The number of nitrogens with zero attached hydrogens (tertiary/aromatic N) is 4. The summed E-state index contributed by atoms with van der Waals surface area (Å²) in [6, 6.07) is 6.44. The number of thioether (sulfide) groups is 1. The van der Waals surface area contributed by atoms with Crippen molar-refractivity contribution >= 4 is 33.4 Å². The average molecular weight is 354 g/mol. The predicted molar refractivity (Wildman–Crippen MR) is 83.4 cm³/mol. The number of hydrogen-bond acceptors (Lipinski definition) is 5. The minimum Gasteiger partial charge on any atom is -0.398 e. The van der Waals surface area contributed by atoms with Crippen molar-refractivity contribution in [2.45, 2.75) is 42.6 Å². The van der Waals surface area contributed by atoms with Gasteiger partial charge in [0.15, 0.2) is 0 Å². The Morgan fingerprint density at radius 3 is 2.90 bits per heavy atom. The zero-order chi connectivity index (χ0) is 13.9. The van der Waals surface area contributed by atoms with Gasteiger partial charge in [-0.1, -0.05) is 46.6 Å². The zero-order valence-corrected chi connectivity index (χ0v) is 13.4. The van der Waals surface area contributed by atoms with E-state index in [0.29, 0.717) is 6.04 Å². The van der Waals surface area contributed by atoms with E-state index in [1.54, 1.807) is 11.8 Å². The third-order valence-electron chi connectivity index (χ3n) is 3.60. The summed E-state index contributed by atoms with van der Waals surface area (Å²) >= 11 is 5.06. The Balaban J connectivity index is 1.70. The molecule has 0 spiro atoms. The molecule has 0 atom stereocenters. The Morgan fingerprint density at radius 1 is 1.35 bits per heavy atom. The summed E-state index contributed by atoms with van der Waals surface area (Å²) in [4.78, 5) is 0. The number of halogens is 1.